The van der Waals surface area contributed by atoms with Gasteiger partial charge in [-0.3, -0.25) is 14.3 Å². The van der Waals surface area contributed by atoms with Crippen molar-refractivity contribution in [1.29, 1.82) is 0 Å². The van der Waals surface area contributed by atoms with Crippen molar-refractivity contribution in [2.45, 2.75) is 18.1 Å². The maximum atomic E-state index is 12.7. The number of rotatable bonds is 7. The van der Waals surface area contributed by atoms with Crippen LogP contribution in [0.4, 0.5) is 11.4 Å². The number of thiophene rings is 1. The van der Waals surface area contributed by atoms with Gasteiger partial charge in [0, 0.05) is 12.6 Å². The summed E-state index contributed by atoms with van der Waals surface area (Å²) in [7, 11) is -3.79. The van der Waals surface area contributed by atoms with Gasteiger partial charge in [-0.1, -0.05) is 30.3 Å². The first-order chi connectivity index (χ1) is 14.8. The molecule has 2 amide bonds. The van der Waals surface area contributed by atoms with Gasteiger partial charge in [0.1, 0.15) is 4.21 Å². The minimum Gasteiger partial charge on any atom is -0.326 e. The first kappa shape index (κ1) is 22.2. The monoisotopic (exact) mass is 456 g/mol. The van der Waals surface area contributed by atoms with Crippen LogP contribution in [0.1, 0.15) is 29.8 Å². The summed E-state index contributed by atoms with van der Waals surface area (Å²) in [6, 6.07) is 16.4. The van der Waals surface area contributed by atoms with Crippen LogP contribution in [0.3, 0.4) is 0 Å². The Bertz CT molecular complexity index is 1220. The second-order valence-electron chi connectivity index (χ2n) is 6.48. The highest BCUT2D eigenvalue weighted by Crippen LogP contribution is 2.23. The molecule has 0 radical (unpaired) electrons. The molecule has 8 nitrogen and oxygen atoms in total. The minimum atomic E-state index is -3.79. The normalized spacial score (nSPS) is 11.6. The van der Waals surface area contributed by atoms with Crippen LogP contribution in [0.15, 0.2) is 75.4 Å². The molecular formula is C21H20N4O4S2. The number of para-hydroxylation sites is 1. The number of amides is 2. The molecule has 0 saturated carbocycles. The lowest BCUT2D eigenvalue weighted by Gasteiger charge is -2.11. The highest BCUT2D eigenvalue weighted by atomic mass is 32.2. The van der Waals surface area contributed by atoms with E-state index in [4.69, 9.17) is 0 Å². The van der Waals surface area contributed by atoms with Crippen LogP contribution in [0.2, 0.25) is 0 Å². The first-order valence-electron chi connectivity index (χ1n) is 9.14. The lowest BCUT2D eigenvalue weighted by Crippen LogP contribution is -2.22. The standard InChI is InChI=1S/C21H20N4O4S2/c1-14(16-9-11-17(12-10-16)22-15(2)26)23-24-21(27)18-6-3-4-7-19(18)25-31(28,29)20-8-5-13-30-20/h3-13,25H,1-2H3,(H,22,26)(H,24,27). The Kier molecular flexibility index (Phi) is 6.83. The molecular weight excluding hydrogens is 436 g/mol. The van der Waals surface area contributed by atoms with Crippen molar-refractivity contribution in [3.05, 3.63) is 77.2 Å². The summed E-state index contributed by atoms with van der Waals surface area (Å²) in [6.45, 7) is 3.15. The summed E-state index contributed by atoms with van der Waals surface area (Å²) < 4.78 is 27.6. The van der Waals surface area contributed by atoms with E-state index in [1.807, 2.05) is 0 Å². The van der Waals surface area contributed by atoms with Gasteiger partial charge in [-0.15, -0.1) is 11.3 Å². The van der Waals surface area contributed by atoms with Crippen LogP contribution in [0.5, 0.6) is 0 Å². The van der Waals surface area contributed by atoms with Crippen LogP contribution in [-0.4, -0.2) is 25.9 Å². The number of benzene rings is 2. The van der Waals surface area contributed by atoms with E-state index < -0.39 is 15.9 Å². The third-order valence-electron chi connectivity index (χ3n) is 4.12. The molecule has 3 N–H and O–H groups in total. The third-order valence-corrected chi connectivity index (χ3v) is 6.89. The van der Waals surface area contributed by atoms with E-state index in [1.54, 1.807) is 54.8 Å². The Morgan fingerprint density at radius 2 is 1.65 bits per heavy atom. The first-order valence-corrected chi connectivity index (χ1v) is 11.5. The number of hydrogen-bond acceptors (Lipinski definition) is 6. The van der Waals surface area contributed by atoms with Crippen molar-refractivity contribution < 1.29 is 18.0 Å². The number of nitrogens with zero attached hydrogens (tertiary/aromatic N) is 1. The highest BCUT2D eigenvalue weighted by molar-refractivity contribution is 7.94. The molecule has 1 heterocycles. The van der Waals surface area contributed by atoms with Gasteiger partial charge >= 0.3 is 0 Å². The van der Waals surface area contributed by atoms with Crippen LogP contribution < -0.4 is 15.5 Å². The number of hydrogen-bond donors (Lipinski definition) is 3. The van der Waals surface area contributed by atoms with E-state index in [0.29, 0.717) is 11.4 Å². The average Bonchev–Trinajstić information content (AvgIpc) is 3.28. The van der Waals surface area contributed by atoms with Gasteiger partial charge in [0.2, 0.25) is 5.91 Å². The second-order valence-corrected chi connectivity index (χ2v) is 9.34. The lowest BCUT2D eigenvalue weighted by atomic mass is 10.1. The molecule has 0 bridgehead atoms. The lowest BCUT2D eigenvalue weighted by molar-refractivity contribution is -0.114. The molecule has 0 spiro atoms. The fourth-order valence-electron chi connectivity index (χ4n) is 2.64. The van der Waals surface area contributed by atoms with Gasteiger partial charge < -0.3 is 5.32 Å². The zero-order chi connectivity index (χ0) is 22.4. The molecule has 0 aliphatic rings. The maximum Gasteiger partial charge on any atom is 0.273 e. The van der Waals surface area contributed by atoms with E-state index in [0.717, 1.165) is 16.9 Å². The summed E-state index contributed by atoms with van der Waals surface area (Å²) in [5.74, 6) is -0.725. The Hall–Kier alpha value is -3.50. The van der Waals surface area contributed by atoms with Crippen molar-refractivity contribution in [1.82, 2.24) is 5.43 Å². The molecule has 1 aromatic heterocycles. The van der Waals surface area contributed by atoms with Crippen LogP contribution >= 0.6 is 11.3 Å². The summed E-state index contributed by atoms with van der Waals surface area (Å²) in [5.41, 5.74) is 4.69. The number of hydrazone groups is 1. The van der Waals surface area contributed by atoms with Crippen molar-refractivity contribution in [2.75, 3.05) is 10.0 Å². The Labute approximate surface area is 184 Å². The smallest absolute Gasteiger partial charge is 0.273 e. The van der Waals surface area contributed by atoms with Crippen LogP contribution in [-0.2, 0) is 14.8 Å². The SMILES string of the molecule is CC(=O)Nc1ccc(C(C)=NNC(=O)c2ccccc2NS(=O)(=O)c2cccs2)cc1. The summed E-state index contributed by atoms with van der Waals surface area (Å²) in [4.78, 5) is 23.8. The number of carbonyl (C=O) groups is 2. The highest BCUT2D eigenvalue weighted by Gasteiger charge is 2.19. The van der Waals surface area contributed by atoms with Crippen LogP contribution in [0.25, 0.3) is 0 Å². The van der Waals surface area contributed by atoms with Crippen LogP contribution in [0, 0.1) is 0 Å². The average molecular weight is 457 g/mol. The van der Waals surface area contributed by atoms with E-state index in [2.05, 4.69) is 20.6 Å². The predicted octanol–water partition coefficient (Wildman–Crippen LogP) is 3.66. The second kappa shape index (κ2) is 9.54. The van der Waals surface area contributed by atoms with Gasteiger partial charge in [0.15, 0.2) is 0 Å². The molecule has 31 heavy (non-hydrogen) atoms. The Morgan fingerprint density at radius 3 is 2.29 bits per heavy atom. The molecule has 3 rings (SSSR count). The van der Waals surface area contributed by atoms with Crippen molar-refractivity contribution in [3.63, 3.8) is 0 Å². The molecule has 0 fully saturated rings. The zero-order valence-corrected chi connectivity index (χ0v) is 18.4. The summed E-state index contributed by atoms with van der Waals surface area (Å²) in [5, 5.41) is 8.44. The fraction of sp³-hybridized carbons (Fsp3) is 0.0952. The van der Waals surface area contributed by atoms with E-state index in [9.17, 15) is 18.0 Å². The number of carbonyl (C=O) groups excluding carboxylic acids is 2. The van der Waals surface area contributed by atoms with Gasteiger partial charge in [-0.2, -0.15) is 5.10 Å². The molecule has 0 unspecified atom stereocenters. The number of anilines is 2. The van der Waals surface area contributed by atoms with E-state index in [-0.39, 0.29) is 21.4 Å². The summed E-state index contributed by atoms with van der Waals surface area (Å²) >= 11 is 1.08. The van der Waals surface area contributed by atoms with Gasteiger partial charge in [-0.05, 0) is 48.2 Å². The quantitative estimate of drug-likeness (QED) is 0.371. The zero-order valence-electron chi connectivity index (χ0n) is 16.7. The molecule has 0 aliphatic heterocycles. The molecule has 0 atom stereocenters. The Morgan fingerprint density at radius 1 is 0.935 bits per heavy atom. The van der Waals surface area contributed by atoms with Crippen molar-refractivity contribution in [2.24, 2.45) is 5.10 Å². The van der Waals surface area contributed by atoms with Gasteiger partial charge in [0.05, 0.1) is 17.0 Å². The fourth-order valence-corrected chi connectivity index (χ4v) is 4.71. The predicted molar refractivity (Wildman–Crippen MR) is 122 cm³/mol. The minimum absolute atomic E-state index is 0.139. The number of sulfonamides is 1. The summed E-state index contributed by atoms with van der Waals surface area (Å²) in [6.07, 6.45) is 0. The van der Waals surface area contributed by atoms with Crippen molar-refractivity contribution in [3.8, 4) is 0 Å². The van der Waals surface area contributed by atoms with Gasteiger partial charge in [0.25, 0.3) is 15.9 Å². The topological polar surface area (TPSA) is 117 Å². The molecule has 10 heteroatoms. The Balaban J connectivity index is 1.74. The molecule has 160 valence electrons. The largest absolute Gasteiger partial charge is 0.326 e. The number of nitrogens with one attached hydrogen (secondary N) is 3. The van der Waals surface area contributed by atoms with E-state index >= 15 is 0 Å². The van der Waals surface area contributed by atoms with E-state index in [1.165, 1.54) is 25.1 Å². The maximum absolute atomic E-state index is 12.7. The molecule has 3 aromatic rings. The van der Waals surface area contributed by atoms with Gasteiger partial charge in [-0.25, -0.2) is 13.8 Å². The third kappa shape index (κ3) is 5.77. The molecule has 2 aromatic carbocycles. The van der Waals surface area contributed by atoms with Crippen molar-refractivity contribution >= 4 is 50.3 Å². The molecule has 0 saturated heterocycles. The molecule has 0 aliphatic carbocycles.